The monoisotopic (exact) mass is 372 g/mol. The molecule has 0 radical (unpaired) electrons. The molecule has 0 saturated heterocycles. The zero-order valence-electron chi connectivity index (χ0n) is 13.8. The van der Waals surface area contributed by atoms with Gasteiger partial charge in [0.1, 0.15) is 0 Å². The van der Waals surface area contributed by atoms with Gasteiger partial charge in [0.25, 0.3) is 0 Å². The highest BCUT2D eigenvalue weighted by molar-refractivity contribution is 5.73. The van der Waals surface area contributed by atoms with Crippen LogP contribution in [0.1, 0.15) is 0 Å². The van der Waals surface area contributed by atoms with Crippen molar-refractivity contribution in [3.05, 3.63) is 24.5 Å². The topological polar surface area (TPSA) is 181 Å². The van der Waals surface area contributed by atoms with Crippen molar-refractivity contribution in [1.82, 2.24) is 20.0 Å². The lowest BCUT2D eigenvalue weighted by Gasteiger charge is -2.23. The minimum Gasteiger partial charge on any atom is -0.480 e. The van der Waals surface area contributed by atoms with E-state index in [1.54, 1.807) is 12.4 Å². The minimum atomic E-state index is -1.23. The van der Waals surface area contributed by atoms with Crippen molar-refractivity contribution in [3.8, 4) is 0 Å². The third-order valence-electron chi connectivity index (χ3n) is 2.65. The Kier molecular flexibility index (Phi) is 11.6. The highest BCUT2D eigenvalue weighted by Crippen LogP contribution is 1.94. The molecule has 1 rings (SSSR count). The fourth-order valence-electron chi connectivity index (χ4n) is 1.73. The molecule has 4 N–H and O–H groups in total. The Balaban J connectivity index is 0.000000867. The van der Waals surface area contributed by atoms with Crippen LogP contribution in [0, 0.1) is 0 Å². The van der Waals surface area contributed by atoms with E-state index in [9.17, 15) is 19.2 Å². The standard InChI is InChI=1S/C10H16N2O8.C4H4N2/c13-7(14)3-11(4-8(15)16)1-2-12(5-9(17)18)6-10(19)20;1-2-4-6-5-3-1/h1-6H2,(H,13,14)(H,15,16)(H,17,18)(H,19,20);1-4H. The van der Waals surface area contributed by atoms with Crippen molar-refractivity contribution in [2.24, 2.45) is 0 Å². The lowest BCUT2D eigenvalue weighted by molar-refractivity contribution is -0.145. The van der Waals surface area contributed by atoms with Crippen molar-refractivity contribution in [2.75, 3.05) is 39.3 Å². The summed E-state index contributed by atoms with van der Waals surface area (Å²) in [5, 5.41) is 41.5. The molecule has 1 heterocycles. The van der Waals surface area contributed by atoms with Gasteiger partial charge in [-0.2, -0.15) is 10.2 Å². The summed E-state index contributed by atoms with van der Waals surface area (Å²) in [7, 11) is 0. The van der Waals surface area contributed by atoms with E-state index in [-0.39, 0.29) is 13.1 Å². The highest BCUT2D eigenvalue weighted by Gasteiger charge is 2.17. The first-order chi connectivity index (χ1) is 12.2. The number of aromatic nitrogens is 2. The zero-order chi connectivity index (χ0) is 19.9. The van der Waals surface area contributed by atoms with Gasteiger partial charge < -0.3 is 20.4 Å². The second kappa shape index (κ2) is 13.2. The SMILES string of the molecule is O=C(O)CN(CCN(CC(=O)O)CC(=O)O)CC(=O)O.c1ccnnc1. The molecule has 0 unspecified atom stereocenters. The average Bonchev–Trinajstić information content (AvgIpc) is 2.52. The molecule has 12 nitrogen and oxygen atoms in total. The molecule has 0 amide bonds. The quantitative estimate of drug-likeness (QED) is 0.350. The van der Waals surface area contributed by atoms with Crippen LogP contribution in [0.4, 0.5) is 0 Å². The molecule has 0 atom stereocenters. The third kappa shape index (κ3) is 14.5. The number of rotatable bonds is 11. The number of carboxylic acids is 4. The van der Waals surface area contributed by atoms with Crippen LogP contribution in [0.3, 0.4) is 0 Å². The predicted octanol–water partition coefficient (Wildman–Crippen LogP) is -1.59. The van der Waals surface area contributed by atoms with Gasteiger partial charge in [0.05, 0.1) is 26.2 Å². The lowest BCUT2D eigenvalue weighted by atomic mass is 10.4. The molecule has 0 aliphatic heterocycles. The summed E-state index contributed by atoms with van der Waals surface area (Å²) in [5.41, 5.74) is 0. The van der Waals surface area contributed by atoms with Crippen molar-refractivity contribution < 1.29 is 39.6 Å². The van der Waals surface area contributed by atoms with Gasteiger partial charge in [-0.15, -0.1) is 0 Å². The molecule has 0 aromatic carbocycles. The van der Waals surface area contributed by atoms with Gasteiger partial charge in [0.15, 0.2) is 0 Å². The van der Waals surface area contributed by atoms with Gasteiger partial charge in [0, 0.05) is 25.5 Å². The van der Waals surface area contributed by atoms with Crippen LogP contribution in [-0.2, 0) is 19.2 Å². The number of aliphatic carboxylic acids is 4. The largest absolute Gasteiger partial charge is 0.480 e. The minimum absolute atomic E-state index is 0.0703. The summed E-state index contributed by atoms with van der Waals surface area (Å²) in [5.74, 6) is -4.91. The molecule has 12 heteroatoms. The Labute approximate surface area is 148 Å². The summed E-state index contributed by atoms with van der Waals surface area (Å²) in [4.78, 5) is 44.4. The number of hydrogen-bond donors (Lipinski definition) is 4. The number of hydrogen-bond acceptors (Lipinski definition) is 8. The Morgan fingerprint density at radius 1 is 0.615 bits per heavy atom. The second-order valence-electron chi connectivity index (χ2n) is 4.91. The first-order valence-electron chi connectivity index (χ1n) is 7.24. The molecule has 0 fully saturated rings. The molecule has 0 bridgehead atoms. The Hall–Kier alpha value is -3.12. The fraction of sp³-hybridized carbons (Fsp3) is 0.429. The highest BCUT2D eigenvalue weighted by atomic mass is 16.4. The van der Waals surface area contributed by atoms with E-state index in [1.165, 1.54) is 0 Å². The maximum absolute atomic E-state index is 10.6. The van der Waals surface area contributed by atoms with Crippen molar-refractivity contribution >= 4 is 23.9 Å². The lowest BCUT2D eigenvalue weighted by Crippen LogP contribution is -2.43. The summed E-state index contributed by atoms with van der Waals surface area (Å²) >= 11 is 0. The Morgan fingerprint density at radius 3 is 1.04 bits per heavy atom. The van der Waals surface area contributed by atoms with Gasteiger partial charge in [-0.05, 0) is 12.1 Å². The van der Waals surface area contributed by atoms with Gasteiger partial charge in [0.2, 0.25) is 0 Å². The molecule has 1 aromatic rings. The molecular formula is C14H20N4O8. The maximum Gasteiger partial charge on any atom is 0.317 e. The number of carbonyl (C=O) groups is 4. The number of nitrogens with zero attached hydrogens (tertiary/aromatic N) is 4. The predicted molar refractivity (Wildman–Crippen MR) is 85.5 cm³/mol. The summed E-state index contributed by atoms with van der Waals surface area (Å²) in [6, 6.07) is 3.65. The van der Waals surface area contributed by atoms with E-state index < -0.39 is 50.1 Å². The van der Waals surface area contributed by atoms with Gasteiger partial charge in [-0.3, -0.25) is 29.0 Å². The molecule has 0 spiro atoms. The molecule has 1 aromatic heterocycles. The fourth-order valence-corrected chi connectivity index (χ4v) is 1.73. The van der Waals surface area contributed by atoms with E-state index in [1.807, 2.05) is 12.1 Å². The molecule has 0 saturated carbocycles. The first-order valence-corrected chi connectivity index (χ1v) is 7.24. The van der Waals surface area contributed by atoms with Crippen molar-refractivity contribution in [1.29, 1.82) is 0 Å². The van der Waals surface area contributed by atoms with Crippen LogP contribution in [-0.4, -0.2) is 104 Å². The summed E-state index contributed by atoms with van der Waals surface area (Å²) < 4.78 is 0. The van der Waals surface area contributed by atoms with Crippen molar-refractivity contribution in [3.63, 3.8) is 0 Å². The molecule has 0 aliphatic carbocycles. The van der Waals surface area contributed by atoms with E-state index in [2.05, 4.69) is 10.2 Å². The smallest absolute Gasteiger partial charge is 0.317 e. The molecular weight excluding hydrogens is 352 g/mol. The van der Waals surface area contributed by atoms with Crippen LogP contribution >= 0.6 is 0 Å². The van der Waals surface area contributed by atoms with Crippen molar-refractivity contribution in [2.45, 2.75) is 0 Å². The molecule has 0 aliphatic rings. The van der Waals surface area contributed by atoms with Crippen LogP contribution in [0.15, 0.2) is 24.5 Å². The normalized spacial score (nSPS) is 10.1. The summed E-state index contributed by atoms with van der Waals surface area (Å²) in [6.45, 7) is -2.25. The average molecular weight is 372 g/mol. The van der Waals surface area contributed by atoms with Crippen LogP contribution in [0.5, 0.6) is 0 Å². The van der Waals surface area contributed by atoms with Crippen LogP contribution in [0.2, 0.25) is 0 Å². The third-order valence-corrected chi connectivity index (χ3v) is 2.65. The molecule has 144 valence electrons. The van der Waals surface area contributed by atoms with Crippen LogP contribution in [0.25, 0.3) is 0 Å². The van der Waals surface area contributed by atoms with E-state index >= 15 is 0 Å². The first kappa shape index (κ1) is 22.9. The summed E-state index contributed by atoms with van der Waals surface area (Å²) in [6.07, 6.45) is 3.28. The van der Waals surface area contributed by atoms with Crippen LogP contribution < -0.4 is 0 Å². The van der Waals surface area contributed by atoms with Gasteiger partial charge in [-0.1, -0.05) is 0 Å². The number of carboxylic acid groups (broad SMARTS) is 4. The van der Waals surface area contributed by atoms with Gasteiger partial charge >= 0.3 is 23.9 Å². The van der Waals surface area contributed by atoms with E-state index in [4.69, 9.17) is 20.4 Å². The van der Waals surface area contributed by atoms with E-state index in [0.29, 0.717) is 0 Å². The van der Waals surface area contributed by atoms with Gasteiger partial charge in [-0.25, -0.2) is 0 Å². The Bertz CT molecular complexity index is 489. The molecule has 26 heavy (non-hydrogen) atoms. The maximum atomic E-state index is 10.6. The second-order valence-corrected chi connectivity index (χ2v) is 4.91. The Morgan fingerprint density at radius 2 is 0.885 bits per heavy atom. The zero-order valence-corrected chi connectivity index (χ0v) is 13.8. The van der Waals surface area contributed by atoms with E-state index in [0.717, 1.165) is 9.80 Å².